The van der Waals surface area contributed by atoms with Gasteiger partial charge in [0.2, 0.25) is 0 Å². The minimum absolute atomic E-state index is 0.0317. The molecule has 1 aromatic rings. The average molecular weight is 315 g/mol. The standard InChI is InChI=1S/C13H15BrO4/c1-18-10-5-4-9(14)12(13(10)17)8(6-11(15)16)7-2-3-7/h4-5,7-8,17H,2-3,6H2,1H3,(H,15,16). The summed E-state index contributed by atoms with van der Waals surface area (Å²) in [7, 11) is 1.48. The zero-order chi connectivity index (χ0) is 13.3. The summed E-state index contributed by atoms with van der Waals surface area (Å²) in [5.74, 6) is -0.238. The molecule has 1 aromatic carbocycles. The van der Waals surface area contributed by atoms with Crippen LogP contribution in [0.4, 0.5) is 0 Å². The zero-order valence-corrected chi connectivity index (χ0v) is 11.6. The Kier molecular flexibility index (Phi) is 3.80. The molecule has 1 aliphatic carbocycles. The predicted molar refractivity (Wildman–Crippen MR) is 70.1 cm³/mol. The van der Waals surface area contributed by atoms with Crippen molar-refractivity contribution >= 4 is 21.9 Å². The molecule has 1 aliphatic rings. The number of phenols is 1. The molecule has 0 amide bonds. The number of carboxylic acid groups (broad SMARTS) is 1. The summed E-state index contributed by atoms with van der Waals surface area (Å²) in [4.78, 5) is 11.0. The lowest BCUT2D eigenvalue weighted by Crippen LogP contribution is -2.09. The molecule has 0 radical (unpaired) electrons. The minimum Gasteiger partial charge on any atom is -0.504 e. The van der Waals surface area contributed by atoms with Crippen molar-refractivity contribution in [2.75, 3.05) is 7.11 Å². The van der Waals surface area contributed by atoms with Crippen LogP contribution in [0.25, 0.3) is 0 Å². The van der Waals surface area contributed by atoms with E-state index >= 15 is 0 Å². The third-order valence-electron chi connectivity index (χ3n) is 3.30. The molecule has 2 N–H and O–H groups in total. The molecule has 4 nitrogen and oxygen atoms in total. The van der Waals surface area contributed by atoms with Gasteiger partial charge in [-0.05, 0) is 30.9 Å². The van der Waals surface area contributed by atoms with Gasteiger partial charge in [-0.15, -0.1) is 0 Å². The van der Waals surface area contributed by atoms with E-state index in [1.54, 1.807) is 12.1 Å². The summed E-state index contributed by atoms with van der Waals surface area (Å²) < 4.78 is 5.81. The van der Waals surface area contributed by atoms with E-state index < -0.39 is 5.97 Å². The third kappa shape index (κ3) is 2.61. The number of hydrogen-bond donors (Lipinski definition) is 2. The second-order valence-corrected chi connectivity index (χ2v) is 5.41. The molecule has 1 unspecified atom stereocenters. The van der Waals surface area contributed by atoms with Gasteiger partial charge in [0.05, 0.1) is 13.5 Å². The summed E-state index contributed by atoms with van der Waals surface area (Å²) in [6.07, 6.45) is 2.06. The Morgan fingerprint density at radius 3 is 2.72 bits per heavy atom. The molecular weight excluding hydrogens is 300 g/mol. The normalized spacial score (nSPS) is 16.3. The number of phenolic OH excluding ortho intramolecular Hbond substituents is 1. The number of rotatable bonds is 5. The highest BCUT2D eigenvalue weighted by atomic mass is 79.9. The van der Waals surface area contributed by atoms with Gasteiger partial charge < -0.3 is 14.9 Å². The quantitative estimate of drug-likeness (QED) is 0.876. The van der Waals surface area contributed by atoms with Crippen LogP contribution in [0.2, 0.25) is 0 Å². The molecule has 0 heterocycles. The topological polar surface area (TPSA) is 66.8 Å². The number of ether oxygens (including phenoxy) is 1. The zero-order valence-electron chi connectivity index (χ0n) is 10.0. The van der Waals surface area contributed by atoms with E-state index in [9.17, 15) is 9.90 Å². The van der Waals surface area contributed by atoms with Gasteiger partial charge in [0, 0.05) is 16.0 Å². The van der Waals surface area contributed by atoms with E-state index in [0.29, 0.717) is 17.2 Å². The molecule has 18 heavy (non-hydrogen) atoms. The van der Waals surface area contributed by atoms with Gasteiger partial charge in [-0.25, -0.2) is 0 Å². The van der Waals surface area contributed by atoms with Gasteiger partial charge in [-0.2, -0.15) is 0 Å². The van der Waals surface area contributed by atoms with Gasteiger partial charge in [0.25, 0.3) is 0 Å². The van der Waals surface area contributed by atoms with Crippen molar-refractivity contribution in [1.82, 2.24) is 0 Å². The Morgan fingerprint density at radius 2 is 2.22 bits per heavy atom. The minimum atomic E-state index is -0.846. The Hall–Kier alpha value is -1.23. The van der Waals surface area contributed by atoms with Crippen LogP contribution < -0.4 is 4.74 Å². The molecule has 1 saturated carbocycles. The first-order valence-electron chi connectivity index (χ1n) is 5.81. The van der Waals surface area contributed by atoms with Crippen LogP contribution in [0.3, 0.4) is 0 Å². The highest BCUT2D eigenvalue weighted by Gasteiger charge is 2.36. The Bertz CT molecular complexity index is 468. The molecule has 0 saturated heterocycles. The van der Waals surface area contributed by atoms with E-state index in [2.05, 4.69) is 15.9 Å². The molecule has 1 atom stereocenters. The summed E-state index contributed by atoms with van der Waals surface area (Å²) in [6.45, 7) is 0. The van der Waals surface area contributed by atoms with Crippen molar-refractivity contribution in [3.05, 3.63) is 22.2 Å². The molecule has 0 bridgehead atoms. The first-order valence-corrected chi connectivity index (χ1v) is 6.61. The van der Waals surface area contributed by atoms with Gasteiger partial charge >= 0.3 is 5.97 Å². The Balaban J connectivity index is 2.42. The first-order chi connectivity index (χ1) is 8.54. The fraction of sp³-hybridized carbons (Fsp3) is 0.462. The van der Waals surface area contributed by atoms with E-state index in [1.807, 2.05) is 0 Å². The highest BCUT2D eigenvalue weighted by molar-refractivity contribution is 9.10. The largest absolute Gasteiger partial charge is 0.504 e. The number of benzene rings is 1. The molecular formula is C13H15BrO4. The fourth-order valence-corrected chi connectivity index (χ4v) is 2.89. The van der Waals surface area contributed by atoms with Crippen molar-refractivity contribution in [2.45, 2.75) is 25.2 Å². The molecule has 0 aliphatic heterocycles. The molecule has 0 spiro atoms. The van der Waals surface area contributed by atoms with Crippen molar-refractivity contribution in [3.8, 4) is 11.5 Å². The molecule has 2 rings (SSSR count). The highest BCUT2D eigenvalue weighted by Crippen LogP contribution is 2.50. The second kappa shape index (κ2) is 5.18. The maximum Gasteiger partial charge on any atom is 0.303 e. The number of halogens is 1. The molecule has 5 heteroatoms. The summed E-state index contributed by atoms with van der Waals surface area (Å²) >= 11 is 3.39. The van der Waals surface area contributed by atoms with Crippen LogP contribution in [0.15, 0.2) is 16.6 Å². The first kappa shape index (κ1) is 13.2. The van der Waals surface area contributed by atoms with Crippen LogP contribution in [-0.2, 0) is 4.79 Å². The Morgan fingerprint density at radius 1 is 1.56 bits per heavy atom. The van der Waals surface area contributed by atoms with Crippen molar-refractivity contribution in [1.29, 1.82) is 0 Å². The van der Waals surface area contributed by atoms with Crippen LogP contribution in [0, 0.1) is 5.92 Å². The van der Waals surface area contributed by atoms with Gasteiger partial charge in [0.15, 0.2) is 11.5 Å². The number of carboxylic acids is 1. The second-order valence-electron chi connectivity index (χ2n) is 4.55. The average Bonchev–Trinajstić information content (AvgIpc) is 3.11. The number of aliphatic carboxylic acids is 1. The summed E-state index contributed by atoms with van der Waals surface area (Å²) in [6, 6.07) is 3.44. The van der Waals surface area contributed by atoms with E-state index in [0.717, 1.165) is 17.3 Å². The third-order valence-corrected chi connectivity index (χ3v) is 3.99. The number of hydrogen-bond acceptors (Lipinski definition) is 3. The summed E-state index contributed by atoms with van der Waals surface area (Å²) in [5.41, 5.74) is 0.652. The van der Waals surface area contributed by atoms with Crippen LogP contribution in [0.5, 0.6) is 11.5 Å². The maximum absolute atomic E-state index is 11.0. The fourth-order valence-electron chi connectivity index (χ4n) is 2.27. The lowest BCUT2D eigenvalue weighted by atomic mass is 9.90. The van der Waals surface area contributed by atoms with Crippen molar-refractivity contribution < 1.29 is 19.7 Å². The number of methoxy groups -OCH3 is 1. The van der Waals surface area contributed by atoms with Gasteiger partial charge in [0.1, 0.15) is 0 Å². The van der Waals surface area contributed by atoms with E-state index in [1.165, 1.54) is 7.11 Å². The monoisotopic (exact) mass is 314 g/mol. The van der Waals surface area contributed by atoms with Gasteiger partial charge in [-0.1, -0.05) is 15.9 Å². The van der Waals surface area contributed by atoms with E-state index in [-0.39, 0.29) is 18.1 Å². The molecule has 0 aromatic heterocycles. The SMILES string of the molecule is COc1ccc(Br)c(C(CC(=O)O)C2CC2)c1O. The van der Waals surface area contributed by atoms with Gasteiger partial charge in [-0.3, -0.25) is 4.79 Å². The lowest BCUT2D eigenvalue weighted by molar-refractivity contribution is -0.137. The molecule has 1 fully saturated rings. The Labute approximate surface area is 114 Å². The predicted octanol–water partition coefficient (Wildman–Crippen LogP) is 3.13. The summed E-state index contributed by atoms with van der Waals surface area (Å²) in [5, 5.41) is 19.2. The number of carbonyl (C=O) groups is 1. The number of aromatic hydroxyl groups is 1. The smallest absolute Gasteiger partial charge is 0.303 e. The van der Waals surface area contributed by atoms with E-state index in [4.69, 9.17) is 9.84 Å². The van der Waals surface area contributed by atoms with Crippen molar-refractivity contribution in [2.24, 2.45) is 5.92 Å². The van der Waals surface area contributed by atoms with Crippen LogP contribution in [0.1, 0.15) is 30.7 Å². The van der Waals surface area contributed by atoms with Crippen LogP contribution in [-0.4, -0.2) is 23.3 Å². The van der Waals surface area contributed by atoms with Crippen LogP contribution >= 0.6 is 15.9 Å². The van der Waals surface area contributed by atoms with Crippen molar-refractivity contribution in [3.63, 3.8) is 0 Å². The lowest BCUT2D eigenvalue weighted by Gasteiger charge is -2.19. The maximum atomic E-state index is 11.0. The molecule has 98 valence electrons.